The van der Waals surface area contributed by atoms with Crippen LogP contribution in [0.3, 0.4) is 0 Å². The zero-order valence-electron chi connectivity index (χ0n) is 15.8. The molecule has 2 aromatic rings. The Labute approximate surface area is 162 Å². The molecule has 0 aromatic heterocycles. The van der Waals surface area contributed by atoms with E-state index in [1.807, 2.05) is 0 Å². The van der Waals surface area contributed by atoms with E-state index in [0.717, 1.165) is 0 Å². The zero-order chi connectivity index (χ0) is 20.9. The predicted octanol–water partition coefficient (Wildman–Crippen LogP) is 2.74. The Kier molecular flexibility index (Phi) is 6.43. The molecule has 2 aromatic carbocycles. The highest BCUT2D eigenvalue weighted by atomic mass is 16.5. The first kappa shape index (κ1) is 21.4. The molecule has 2 rings (SSSR count). The van der Waals surface area contributed by atoms with Gasteiger partial charge in [-0.3, -0.25) is 4.79 Å². The minimum absolute atomic E-state index is 0.0158. The van der Waals surface area contributed by atoms with Crippen molar-refractivity contribution >= 4 is 11.9 Å². The van der Waals surface area contributed by atoms with E-state index >= 15 is 0 Å². The number of aliphatic hydroxyl groups is 2. The zero-order valence-corrected chi connectivity index (χ0v) is 15.8. The number of benzene rings is 2. The lowest BCUT2D eigenvalue weighted by atomic mass is 9.84. The highest BCUT2D eigenvalue weighted by Gasteiger charge is 2.31. The van der Waals surface area contributed by atoms with E-state index in [-0.39, 0.29) is 24.2 Å². The number of carboxylic acids is 2. The quantitative estimate of drug-likeness (QED) is 0.384. The van der Waals surface area contributed by atoms with Crippen LogP contribution in [0.5, 0.6) is 5.75 Å². The SMILES string of the molecule is CC(C)(C(=O)O)c1ccc(C(O)(O)CCCOc2ccc(C(=O)O)cc2)cc1. The summed E-state index contributed by atoms with van der Waals surface area (Å²) in [5, 5.41) is 38.7. The van der Waals surface area contributed by atoms with Gasteiger partial charge >= 0.3 is 11.9 Å². The minimum atomic E-state index is -2.07. The van der Waals surface area contributed by atoms with E-state index in [0.29, 0.717) is 17.7 Å². The second-order valence-electron chi connectivity index (χ2n) is 7.11. The first-order chi connectivity index (χ1) is 13.0. The van der Waals surface area contributed by atoms with Crippen LogP contribution in [0.4, 0.5) is 0 Å². The van der Waals surface area contributed by atoms with Crippen LogP contribution in [-0.4, -0.2) is 39.0 Å². The standard InChI is InChI=1S/C21H24O7/c1-20(2,19(24)25)15-6-8-16(9-7-15)21(26,27)12-3-13-28-17-10-4-14(5-11-17)18(22)23/h4-11,26-27H,3,12-13H2,1-2H3,(H,22,23)(H,24,25). The Hall–Kier alpha value is -2.90. The Morgan fingerprint density at radius 2 is 1.43 bits per heavy atom. The maximum Gasteiger partial charge on any atom is 0.335 e. The lowest BCUT2D eigenvalue weighted by molar-refractivity contribution is -0.176. The topological polar surface area (TPSA) is 124 Å². The fourth-order valence-corrected chi connectivity index (χ4v) is 2.62. The summed E-state index contributed by atoms with van der Waals surface area (Å²) in [6, 6.07) is 12.1. The molecule has 0 heterocycles. The molecule has 7 nitrogen and oxygen atoms in total. The van der Waals surface area contributed by atoms with Crippen LogP contribution in [0.1, 0.15) is 48.2 Å². The first-order valence-electron chi connectivity index (χ1n) is 8.79. The van der Waals surface area contributed by atoms with E-state index in [9.17, 15) is 24.9 Å². The summed E-state index contributed by atoms with van der Waals surface area (Å²) in [4.78, 5) is 22.1. The van der Waals surface area contributed by atoms with Gasteiger partial charge in [-0.1, -0.05) is 24.3 Å². The van der Waals surface area contributed by atoms with Crippen LogP contribution >= 0.6 is 0 Å². The third-order valence-corrected chi connectivity index (χ3v) is 4.64. The molecule has 150 valence electrons. The molecule has 0 radical (unpaired) electrons. The monoisotopic (exact) mass is 388 g/mol. The first-order valence-corrected chi connectivity index (χ1v) is 8.79. The Morgan fingerprint density at radius 3 is 1.93 bits per heavy atom. The fourth-order valence-electron chi connectivity index (χ4n) is 2.62. The number of carbonyl (C=O) groups is 2. The predicted molar refractivity (Wildman–Crippen MR) is 101 cm³/mol. The van der Waals surface area contributed by atoms with Gasteiger partial charge < -0.3 is 25.2 Å². The molecule has 0 saturated heterocycles. The minimum Gasteiger partial charge on any atom is -0.494 e. The molecule has 0 aliphatic heterocycles. The van der Waals surface area contributed by atoms with Crippen LogP contribution in [-0.2, 0) is 16.0 Å². The smallest absolute Gasteiger partial charge is 0.335 e. The maximum absolute atomic E-state index is 11.3. The number of ether oxygens (including phenoxy) is 1. The van der Waals surface area contributed by atoms with Crippen molar-refractivity contribution in [2.75, 3.05) is 6.61 Å². The molecule has 0 spiro atoms. The highest BCUT2D eigenvalue weighted by Crippen LogP contribution is 2.28. The van der Waals surface area contributed by atoms with Crippen molar-refractivity contribution in [3.63, 3.8) is 0 Å². The molecule has 7 heteroatoms. The van der Waals surface area contributed by atoms with Crippen molar-refractivity contribution in [2.45, 2.75) is 37.9 Å². The summed E-state index contributed by atoms with van der Waals surface area (Å²) in [5.74, 6) is -3.56. The van der Waals surface area contributed by atoms with E-state index in [2.05, 4.69) is 0 Å². The summed E-state index contributed by atoms with van der Waals surface area (Å²) in [6.45, 7) is 3.38. The summed E-state index contributed by atoms with van der Waals surface area (Å²) in [7, 11) is 0. The van der Waals surface area contributed by atoms with E-state index in [1.165, 1.54) is 36.4 Å². The van der Waals surface area contributed by atoms with Gasteiger partial charge in [0.05, 0.1) is 17.6 Å². The summed E-state index contributed by atoms with van der Waals surface area (Å²) >= 11 is 0. The molecule has 28 heavy (non-hydrogen) atoms. The van der Waals surface area contributed by atoms with Gasteiger partial charge in [-0.05, 0) is 50.1 Å². The lowest BCUT2D eigenvalue weighted by Crippen LogP contribution is -2.29. The molecule has 0 atom stereocenters. The average Bonchev–Trinajstić information content (AvgIpc) is 2.65. The molecule has 0 aliphatic carbocycles. The van der Waals surface area contributed by atoms with Gasteiger partial charge in [-0.2, -0.15) is 0 Å². The van der Waals surface area contributed by atoms with Gasteiger partial charge in [0.15, 0.2) is 5.79 Å². The second kappa shape index (κ2) is 8.41. The van der Waals surface area contributed by atoms with E-state index < -0.39 is 23.1 Å². The molecule has 0 saturated carbocycles. The molecular formula is C21H24O7. The van der Waals surface area contributed by atoms with Crippen LogP contribution in [0.25, 0.3) is 0 Å². The van der Waals surface area contributed by atoms with Crippen LogP contribution < -0.4 is 4.74 Å². The fraction of sp³-hybridized carbons (Fsp3) is 0.333. The number of aromatic carboxylic acids is 1. The molecule has 0 unspecified atom stereocenters. The van der Waals surface area contributed by atoms with Gasteiger partial charge in [0.1, 0.15) is 5.75 Å². The van der Waals surface area contributed by atoms with Gasteiger partial charge in [0.2, 0.25) is 0 Å². The van der Waals surface area contributed by atoms with Gasteiger partial charge in [-0.15, -0.1) is 0 Å². The van der Waals surface area contributed by atoms with Crippen molar-refractivity contribution in [1.29, 1.82) is 0 Å². The van der Waals surface area contributed by atoms with Crippen molar-refractivity contribution < 1.29 is 34.8 Å². The molecule has 0 aliphatic rings. The van der Waals surface area contributed by atoms with Gasteiger partial charge in [0, 0.05) is 12.0 Å². The molecule has 4 N–H and O–H groups in total. The van der Waals surface area contributed by atoms with Crippen molar-refractivity contribution in [2.24, 2.45) is 0 Å². The third kappa shape index (κ3) is 5.09. The largest absolute Gasteiger partial charge is 0.494 e. The highest BCUT2D eigenvalue weighted by molar-refractivity contribution is 5.87. The Balaban J connectivity index is 1.91. The van der Waals surface area contributed by atoms with Crippen molar-refractivity contribution in [3.8, 4) is 5.75 Å². The number of carboxylic acid groups (broad SMARTS) is 2. The Bertz CT molecular complexity index is 821. The average molecular weight is 388 g/mol. The second-order valence-corrected chi connectivity index (χ2v) is 7.11. The van der Waals surface area contributed by atoms with Crippen molar-refractivity contribution in [1.82, 2.24) is 0 Å². The number of rotatable bonds is 9. The summed E-state index contributed by atoms with van der Waals surface area (Å²) in [6.07, 6.45) is 0.359. The summed E-state index contributed by atoms with van der Waals surface area (Å²) < 4.78 is 5.48. The lowest BCUT2D eigenvalue weighted by Gasteiger charge is -2.24. The third-order valence-electron chi connectivity index (χ3n) is 4.64. The molecule has 0 fully saturated rings. The normalized spacial score (nSPS) is 11.9. The van der Waals surface area contributed by atoms with Gasteiger partial charge in [0.25, 0.3) is 0 Å². The molecule has 0 amide bonds. The van der Waals surface area contributed by atoms with Crippen LogP contribution in [0, 0.1) is 0 Å². The number of aliphatic carboxylic acids is 1. The Morgan fingerprint density at radius 1 is 0.893 bits per heavy atom. The van der Waals surface area contributed by atoms with Crippen molar-refractivity contribution in [3.05, 3.63) is 65.2 Å². The van der Waals surface area contributed by atoms with Crippen LogP contribution in [0.15, 0.2) is 48.5 Å². The number of hydrogen-bond acceptors (Lipinski definition) is 5. The van der Waals surface area contributed by atoms with E-state index in [4.69, 9.17) is 9.84 Å². The summed E-state index contributed by atoms with van der Waals surface area (Å²) in [5.41, 5.74) is -0.0848. The van der Waals surface area contributed by atoms with Crippen LogP contribution in [0.2, 0.25) is 0 Å². The van der Waals surface area contributed by atoms with Gasteiger partial charge in [-0.25, -0.2) is 4.79 Å². The number of hydrogen-bond donors (Lipinski definition) is 4. The molecule has 0 bridgehead atoms. The molecular weight excluding hydrogens is 364 g/mol. The van der Waals surface area contributed by atoms with E-state index in [1.54, 1.807) is 26.0 Å². The maximum atomic E-state index is 11.3.